The first-order valence-corrected chi connectivity index (χ1v) is 2.43. The van der Waals surface area contributed by atoms with E-state index in [0.29, 0.717) is 0 Å². The molecule has 0 aromatic heterocycles. The molecule has 1 heterocycles. The highest BCUT2D eigenvalue weighted by atomic mass is 16.3. The van der Waals surface area contributed by atoms with E-state index in [2.05, 4.69) is 0 Å². The van der Waals surface area contributed by atoms with E-state index in [9.17, 15) is 4.79 Å². The van der Waals surface area contributed by atoms with Crippen LogP contribution in [0.15, 0.2) is 0 Å². The summed E-state index contributed by atoms with van der Waals surface area (Å²) in [6, 6.07) is 0. The van der Waals surface area contributed by atoms with Gasteiger partial charge in [0.1, 0.15) is 0 Å². The summed E-state index contributed by atoms with van der Waals surface area (Å²) >= 11 is 0. The first-order valence-electron chi connectivity index (χ1n) is 2.43. The molecule has 1 amide bonds. The molecule has 0 bridgehead atoms. The number of amides is 1. The first-order chi connectivity index (χ1) is 3.70. The molecule has 1 unspecified atom stereocenters. The van der Waals surface area contributed by atoms with Crippen molar-refractivity contribution in [3.63, 3.8) is 0 Å². The number of hydrogen-bond acceptors (Lipinski definition) is 3. The van der Waals surface area contributed by atoms with Crippen LogP contribution < -0.4 is 5.84 Å². The zero-order chi connectivity index (χ0) is 6.15. The molecule has 3 N–H and O–H groups in total. The van der Waals surface area contributed by atoms with Crippen molar-refractivity contribution in [2.45, 2.75) is 12.5 Å². The molecule has 0 aromatic rings. The summed E-state index contributed by atoms with van der Waals surface area (Å²) in [7, 11) is 0. The van der Waals surface area contributed by atoms with E-state index in [1.165, 1.54) is 0 Å². The molecule has 1 saturated heterocycles. The third-order valence-corrected chi connectivity index (χ3v) is 1.14. The molecule has 1 aliphatic heterocycles. The Labute approximate surface area is 46.9 Å². The van der Waals surface area contributed by atoms with Gasteiger partial charge in [0.2, 0.25) is 5.91 Å². The van der Waals surface area contributed by atoms with Crippen molar-refractivity contribution in [2.24, 2.45) is 5.84 Å². The average molecular weight is 116 g/mol. The zero-order valence-corrected chi connectivity index (χ0v) is 4.37. The Morgan fingerprint density at radius 2 is 2.50 bits per heavy atom. The molecule has 1 atom stereocenters. The second-order valence-corrected chi connectivity index (χ2v) is 1.90. The molecule has 46 valence electrons. The number of aliphatic hydroxyl groups is 1. The van der Waals surface area contributed by atoms with Gasteiger partial charge < -0.3 is 5.11 Å². The SMILES string of the molecule is NN1CC(O)CC1=O. The minimum Gasteiger partial charge on any atom is -0.391 e. The Kier molecular flexibility index (Phi) is 1.19. The van der Waals surface area contributed by atoms with Gasteiger partial charge in [0, 0.05) is 0 Å². The summed E-state index contributed by atoms with van der Waals surface area (Å²) in [5, 5.41) is 9.76. The number of aliphatic hydroxyl groups excluding tert-OH is 1. The van der Waals surface area contributed by atoms with Crippen LogP contribution in [-0.2, 0) is 4.79 Å². The molecule has 0 spiro atoms. The van der Waals surface area contributed by atoms with Gasteiger partial charge in [-0.2, -0.15) is 0 Å². The molecule has 4 heteroatoms. The van der Waals surface area contributed by atoms with Gasteiger partial charge in [0.15, 0.2) is 0 Å². The van der Waals surface area contributed by atoms with Gasteiger partial charge in [0.25, 0.3) is 0 Å². The van der Waals surface area contributed by atoms with E-state index in [-0.39, 0.29) is 18.9 Å². The van der Waals surface area contributed by atoms with Crippen LogP contribution in [0.1, 0.15) is 6.42 Å². The van der Waals surface area contributed by atoms with Gasteiger partial charge in [-0.15, -0.1) is 0 Å². The number of carbonyl (C=O) groups is 1. The smallest absolute Gasteiger partial charge is 0.239 e. The van der Waals surface area contributed by atoms with E-state index in [1.54, 1.807) is 0 Å². The van der Waals surface area contributed by atoms with Crippen molar-refractivity contribution in [3.05, 3.63) is 0 Å². The lowest BCUT2D eigenvalue weighted by Crippen LogP contribution is -2.32. The lowest BCUT2D eigenvalue weighted by molar-refractivity contribution is -0.127. The summed E-state index contributed by atoms with van der Waals surface area (Å²) in [4.78, 5) is 10.4. The maximum Gasteiger partial charge on any atom is 0.239 e. The van der Waals surface area contributed by atoms with E-state index >= 15 is 0 Å². The fourth-order valence-electron chi connectivity index (χ4n) is 0.712. The number of β-amino-alcohol motifs (C(OH)–C–C–N with tert-alkyl or cyclic N) is 1. The third-order valence-electron chi connectivity index (χ3n) is 1.14. The highest BCUT2D eigenvalue weighted by Crippen LogP contribution is 2.04. The molecule has 1 aliphatic rings. The molecule has 8 heavy (non-hydrogen) atoms. The molecule has 1 fully saturated rings. The summed E-state index contributed by atoms with van der Waals surface area (Å²) in [5.74, 6) is 4.91. The Balaban J connectivity index is 2.51. The van der Waals surface area contributed by atoms with Gasteiger partial charge in [-0.3, -0.25) is 9.80 Å². The van der Waals surface area contributed by atoms with Crippen molar-refractivity contribution < 1.29 is 9.90 Å². The van der Waals surface area contributed by atoms with Gasteiger partial charge in [-0.1, -0.05) is 0 Å². The van der Waals surface area contributed by atoms with Crippen LogP contribution in [0.2, 0.25) is 0 Å². The highest BCUT2D eigenvalue weighted by Gasteiger charge is 2.24. The van der Waals surface area contributed by atoms with E-state index in [1.807, 2.05) is 0 Å². The van der Waals surface area contributed by atoms with Crippen molar-refractivity contribution in [1.82, 2.24) is 5.01 Å². The van der Waals surface area contributed by atoms with Crippen LogP contribution in [0.4, 0.5) is 0 Å². The van der Waals surface area contributed by atoms with E-state index < -0.39 is 6.10 Å². The van der Waals surface area contributed by atoms with Gasteiger partial charge in [-0.05, 0) is 0 Å². The molecule has 4 nitrogen and oxygen atoms in total. The topological polar surface area (TPSA) is 66.6 Å². The summed E-state index contributed by atoms with van der Waals surface area (Å²) in [6.45, 7) is 0.277. The Morgan fingerprint density at radius 1 is 1.88 bits per heavy atom. The maximum atomic E-state index is 10.4. The highest BCUT2D eigenvalue weighted by molar-refractivity contribution is 5.78. The summed E-state index contributed by atoms with van der Waals surface area (Å²) in [6.07, 6.45) is -0.372. The fraction of sp³-hybridized carbons (Fsp3) is 0.750. The molecule has 1 rings (SSSR count). The second-order valence-electron chi connectivity index (χ2n) is 1.90. The normalized spacial score (nSPS) is 29.5. The molecular formula is C4H8N2O2. The number of hydrazine groups is 1. The lowest BCUT2D eigenvalue weighted by atomic mass is 10.3. The number of nitrogens with two attached hydrogens (primary N) is 1. The van der Waals surface area contributed by atoms with Crippen molar-refractivity contribution in [3.8, 4) is 0 Å². The van der Waals surface area contributed by atoms with Crippen molar-refractivity contribution in [1.29, 1.82) is 0 Å². The predicted molar refractivity (Wildman–Crippen MR) is 26.5 cm³/mol. The van der Waals surface area contributed by atoms with Crippen LogP contribution in [0, 0.1) is 0 Å². The maximum absolute atomic E-state index is 10.4. The number of carbonyl (C=O) groups excluding carboxylic acids is 1. The lowest BCUT2D eigenvalue weighted by Gasteiger charge is -2.04. The minimum atomic E-state index is -0.549. The van der Waals surface area contributed by atoms with Crippen LogP contribution in [0.25, 0.3) is 0 Å². The third kappa shape index (κ3) is 0.801. The monoisotopic (exact) mass is 116 g/mol. The zero-order valence-electron chi connectivity index (χ0n) is 4.37. The van der Waals surface area contributed by atoms with Crippen LogP contribution >= 0.6 is 0 Å². The summed E-state index contributed by atoms with van der Waals surface area (Å²) < 4.78 is 0. The molecule has 0 saturated carbocycles. The predicted octanol–water partition coefficient (Wildman–Crippen LogP) is -1.55. The number of nitrogens with zero attached hydrogens (tertiary/aromatic N) is 1. The molecule has 0 radical (unpaired) electrons. The van der Waals surface area contributed by atoms with Crippen LogP contribution in [-0.4, -0.2) is 28.7 Å². The van der Waals surface area contributed by atoms with Crippen LogP contribution in [0.3, 0.4) is 0 Å². The minimum absolute atomic E-state index is 0.177. The fourth-order valence-corrected chi connectivity index (χ4v) is 0.712. The Hall–Kier alpha value is -0.610. The molecule has 0 aliphatic carbocycles. The second kappa shape index (κ2) is 1.72. The quantitative estimate of drug-likeness (QED) is 0.297. The van der Waals surface area contributed by atoms with Gasteiger partial charge in [-0.25, -0.2) is 5.84 Å². The number of rotatable bonds is 0. The summed E-state index contributed by atoms with van der Waals surface area (Å²) in [5.41, 5.74) is 0. The van der Waals surface area contributed by atoms with Crippen molar-refractivity contribution in [2.75, 3.05) is 6.54 Å². The van der Waals surface area contributed by atoms with E-state index in [0.717, 1.165) is 5.01 Å². The average Bonchev–Trinajstić information content (AvgIpc) is 1.85. The van der Waals surface area contributed by atoms with Crippen molar-refractivity contribution >= 4 is 5.91 Å². The largest absolute Gasteiger partial charge is 0.391 e. The van der Waals surface area contributed by atoms with Gasteiger partial charge in [0.05, 0.1) is 19.1 Å². The first kappa shape index (κ1) is 5.53. The number of hydrogen-bond donors (Lipinski definition) is 2. The van der Waals surface area contributed by atoms with Gasteiger partial charge >= 0.3 is 0 Å². The molecular weight excluding hydrogens is 108 g/mol. The Bertz CT molecular complexity index is 115. The van der Waals surface area contributed by atoms with E-state index in [4.69, 9.17) is 10.9 Å². The van der Waals surface area contributed by atoms with Crippen LogP contribution in [0.5, 0.6) is 0 Å². The standard InChI is InChI=1S/C4H8N2O2/c5-6-2-3(7)1-4(6)8/h3,7H,1-2,5H2. The molecule has 0 aromatic carbocycles. The Morgan fingerprint density at radius 3 is 2.62 bits per heavy atom.